The third-order valence-electron chi connectivity index (χ3n) is 2.92. The van der Waals surface area contributed by atoms with Crippen molar-refractivity contribution in [1.82, 2.24) is 0 Å². The summed E-state index contributed by atoms with van der Waals surface area (Å²) in [6.07, 6.45) is 2.74. The standard InChI is InChI=1S/C13H20BrNOS/c1-2-13(15,10-16)8-3-9-17-12-6-4-11(14)5-7-12/h4-7,16H,2-3,8-10,15H2,1H3. The smallest absolute Gasteiger partial charge is 0.0611 e. The molecule has 0 aromatic heterocycles. The van der Waals surface area contributed by atoms with E-state index in [4.69, 9.17) is 5.73 Å². The van der Waals surface area contributed by atoms with Crippen LogP contribution in [-0.4, -0.2) is 23.0 Å². The van der Waals surface area contributed by atoms with E-state index in [1.165, 1.54) is 4.90 Å². The van der Waals surface area contributed by atoms with Crippen LogP contribution in [-0.2, 0) is 0 Å². The highest BCUT2D eigenvalue weighted by Crippen LogP contribution is 2.23. The number of hydrogen-bond acceptors (Lipinski definition) is 3. The molecule has 0 saturated heterocycles. The van der Waals surface area contributed by atoms with Crippen LogP contribution in [0.2, 0.25) is 0 Å². The lowest BCUT2D eigenvalue weighted by Gasteiger charge is -2.25. The van der Waals surface area contributed by atoms with Gasteiger partial charge in [0, 0.05) is 14.9 Å². The quantitative estimate of drug-likeness (QED) is 0.598. The van der Waals surface area contributed by atoms with Gasteiger partial charge in [-0.25, -0.2) is 0 Å². The van der Waals surface area contributed by atoms with Crippen LogP contribution >= 0.6 is 27.7 Å². The Morgan fingerprint density at radius 3 is 2.53 bits per heavy atom. The number of aliphatic hydroxyl groups is 1. The maximum Gasteiger partial charge on any atom is 0.0611 e. The molecule has 0 bridgehead atoms. The molecule has 0 saturated carbocycles. The van der Waals surface area contributed by atoms with Crippen LogP contribution < -0.4 is 5.73 Å². The van der Waals surface area contributed by atoms with Crippen molar-refractivity contribution in [3.8, 4) is 0 Å². The highest BCUT2D eigenvalue weighted by atomic mass is 79.9. The van der Waals surface area contributed by atoms with Crippen molar-refractivity contribution in [1.29, 1.82) is 0 Å². The van der Waals surface area contributed by atoms with E-state index in [1.54, 1.807) is 0 Å². The van der Waals surface area contributed by atoms with E-state index in [0.29, 0.717) is 0 Å². The molecule has 1 aromatic rings. The van der Waals surface area contributed by atoms with Gasteiger partial charge in [0.25, 0.3) is 0 Å². The van der Waals surface area contributed by atoms with Crippen molar-refractivity contribution in [2.24, 2.45) is 5.73 Å². The minimum absolute atomic E-state index is 0.0758. The SMILES string of the molecule is CCC(N)(CO)CCCSc1ccc(Br)cc1. The molecule has 0 radical (unpaired) electrons. The molecular formula is C13H20BrNOS. The van der Waals surface area contributed by atoms with Crippen molar-refractivity contribution in [2.45, 2.75) is 36.6 Å². The number of benzene rings is 1. The number of thioether (sulfide) groups is 1. The van der Waals surface area contributed by atoms with E-state index < -0.39 is 0 Å². The van der Waals surface area contributed by atoms with Gasteiger partial charge in [-0.3, -0.25) is 0 Å². The third-order valence-corrected chi connectivity index (χ3v) is 4.55. The average Bonchev–Trinajstić information content (AvgIpc) is 2.36. The summed E-state index contributed by atoms with van der Waals surface area (Å²) < 4.78 is 1.11. The Morgan fingerprint density at radius 2 is 2.00 bits per heavy atom. The molecule has 1 unspecified atom stereocenters. The molecule has 0 amide bonds. The van der Waals surface area contributed by atoms with Crippen LogP contribution in [0.3, 0.4) is 0 Å². The van der Waals surface area contributed by atoms with Crippen molar-refractivity contribution in [3.63, 3.8) is 0 Å². The summed E-state index contributed by atoms with van der Waals surface area (Å²) in [6, 6.07) is 8.32. The zero-order valence-electron chi connectivity index (χ0n) is 10.2. The Hall–Kier alpha value is -0.0300. The molecule has 0 heterocycles. The fourth-order valence-corrected chi connectivity index (χ4v) is 2.63. The van der Waals surface area contributed by atoms with Gasteiger partial charge in [0.15, 0.2) is 0 Å². The summed E-state index contributed by atoms with van der Waals surface area (Å²) in [7, 11) is 0. The van der Waals surface area contributed by atoms with E-state index in [-0.39, 0.29) is 12.1 Å². The summed E-state index contributed by atoms with van der Waals surface area (Å²) in [6.45, 7) is 2.10. The lowest BCUT2D eigenvalue weighted by Crippen LogP contribution is -2.42. The van der Waals surface area contributed by atoms with Crippen LogP contribution in [0.4, 0.5) is 0 Å². The summed E-state index contributed by atoms with van der Waals surface area (Å²) in [5.41, 5.74) is 5.64. The van der Waals surface area contributed by atoms with Crippen molar-refractivity contribution >= 4 is 27.7 Å². The predicted molar refractivity (Wildman–Crippen MR) is 78.4 cm³/mol. The normalized spacial score (nSPS) is 14.6. The minimum Gasteiger partial charge on any atom is -0.394 e. The maximum absolute atomic E-state index is 9.20. The zero-order valence-corrected chi connectivity index (χ0v) is 12.6. The van der Waals surface area contributed by atoms with E-state index in [9.17, 15) is 5.11 Å². The van der Waals surface area contributed by atoms with Crippen molar-refractivity contribution in [2.75, 3.05) is 12.4 Å². The average molecular weight is 318 g/mol. The van der Waals surface area contributed by atoms with Gasteiger partial charge in [-0.2, -0.15) is 0 Å². The summed E-state index contributed by atoms with van der Waals surface area (Å²) >= 11 is 5.25. The molecule has 0 aliphatic rings. The highest BCUT2D eigenvalue weighted by Gasteiger charge is 2.20. The third kappa shape index (κ3) is 5.42. The second-order valence-corrected chi connectivity index (χ2v) is 6.36. The van der Waals surface area contributed by atoms with Gasteiger partial charge >= 0.3 is 0 Å². The van der Waals surface area contributed by atoms with E-state index in [2.05, 4.69) is 40.2 Å². The van der Waals surface area contributed by atoms with Crippen LogP contribution in [0, 0.1) is 0 Å². The number of halogens is 1. The van der Waals surface area contributed by atoms with Crippen molar-refractivity contribution < 1.29 is 5.11 Å². The topological polar surface area (TPSA) is 46.2 Å². The monoisotopic (exact) mass is 317 g/mol. The molecule has 1 rings (SSSR count). The molecule has 0 fully saturated rings. The van der Waals surface area contributed by atoms with Gasteiger partial charge in [0.2, 0.25) is 0 Å². The van der Waals surface area contributed by atoms with E-state index >= 15 is 0 Å². The number of rotatable bonds is 7. The molecular weight excluding hydrogens is 298 g/mol. The second kappa shape index (κ2) is 7.41. The molecule has 0 aliphatic carbocycles. The van der Waals surface area contributed by atoms with Crippen LogP contribution in [0.5, 0.6) is 0 Å². The van der Waals surface area contributed by atoms with Gasteiger partial charge in [-0.1, -0.05) is 22.9 Å². The van der Waals surface area contributed by atoms with Crippen LogP contribution in [0.25, 0.3) is 0 Å². The zero-order chi connectivity index (χ0) is 12.7. The van der Waals surface area contributed by atoms with Gasteiger partial charge in [0.1, 0.15) is 0 Å². The Kier molecular flexibility index (Phi) is 6.55. The lowest BCUT2D eigenvalue weighted by molar-refractivity contribution is 0.182. The molecule has 96 valence electrons. The summed E-state index contributed by atoms with van der Waals surface area (Å²) in [5, 5.41) is 9.20. The van der Waals surface area contributed by atoms with Crippen LogP contribution in [0.1, 0.15) is 26.2 Å². The van der Waals surface area contributed by atoms with E-state index in [1.807, 2.05) is 18.7 Å². The minimum atomic E-state index is -0.389. The maximum atomic E-state index is 9.20. The second-order valence-electron chi connectivity index (χ2n) is 4.28. The Bertz CT molecular complexity index is 325. The summed E-state index contributed by atoms with van der Waals surface area (Å²) in [4.78, 5) is 1.27. The van der Waals surface area contributed by atoms with Gasteiger partial charge in [0.05, 0.1) is 6.61 Å². The molecule has 17 heavy (non-hydrogen) atoms. The fourth-order valence-electron chi connectivity index (χ4n) is 1.51. The summed E-state index contributed by atoms with van der Waals surface area (Å²) in [5.74, 6) is 1.04. The van der Waals surface area contributed by atoms with Gasteiger partial charge < -0.3 is 10.8 Å². The number of hydrogen-bond donors (Lipinski definition) is 2. The Labute approximate surface area is 116 Å². The highest BCUT2D eigenvalue weighted by molar-refractivity contribution is 9.10. The first kappa shape index (κ1) is 15.0. The molecule has 3 N–H and O–H groups in total. The lowest BCUT2D eigenvalue weighted by atomic mass is 9.93. The molecule has 0 aliphatic heterocycles. The predicted octanol–water partition coefficient (Wildman–Crippen LogP) is 3.42. The molecule has 1 atom stereocenters. The first-order chi connectivity index (χ1) is 8.09. The van der Waals surface area contributed by atoms with Gasteiger partial charge in [-0.05, 0) is 49.3 Å². The van der Waals surface area contributed by atoms with Crippen LogP contribution in [0.15, 0.2) is 33.6 Å². The Morgan fingerprint density at radius 1 is 1.35 bits per heavy atom. The number of nitrogens with two attached hydrogens (primary N) is 1. The molecule has 1 aromatic carbocycles. The Balaban J connectivity index is 2.26. The first-order valence-electron chi connectivity index (χ1n) is 5.88. The van der Waals surface area contributed by atoms with Crippen molar-refractivity contribution in [3.05, 3.63) is 28.7 Å². The molecule has 0 spiro atoms. The fraction of sp³-hybridized carbons (Fsp3) is 0.538. The van der Waals surface area contributed by atoms with E-state index in [0.717, 1.165) is 29.5 Å². The number of aliphatic hydroxyl groups excluding tert-OH is 1. The van der Waals surface area contributed by atoms with Gasteiger partial charge in [-0.15, -0.1) is 11.8 Å². The molecule has 4 heteroatoms. The first-order valence-corrected chi connectivity index (χ1v) is 7.65. The molecule has 2 nitrogen and oxygen atoms in total. The largest absolute Gasteiger partial charge is 0.394 e.